The number of carbonyl (C=O) groups excluding carboxylic acids is 1. The number of nitrogens with one attached hydrogen (secondary N) is 3. The maximum Gasteiger partial charge on any atom is 0.240 e. The fourth-order valence-corrected chi connectivity index (χ4v) is 3.61. The molecule has 0 unspecified atom stereocenters. The summed E-state index contributed by atoms with van der Waals surface area (Å²) in [6.07, 6.45) is 10.3. The maximum absolute atomic E-state index is 12.7. The molecule has 21 heavy (non-hydrogen) atoms. The van der Waals surface area contributed by atoms with Gasteiger partial charge < -0.3 is 16.0 Å². The molecular weight excluding hydrogens is 262 g/mol. The summed E-state index contributed by atoms with van der Waals surface area (Å²) in [4.78, 5) is 12.7. The van der Waals surface area contributed by atoms with Crippen molar-refractivity contribution in [3.8, 4) is 0 Å². The van der Waals surface area contributed by atoms with E-state index < -0.39 is 0 Å². The second-order valence-corrected chi connectivity index (χ2v) is 6.83. The first-order chi connectivity index (χ1) is 10.3. The van der Waals surface area contributed by atoms with Gasteiger partial charge in [0.05, 0.1) is 5.54 Å². The predicted molar refractivity (Wildman–Crippen MR) is 87.3 cm³/mol. The van der Waals surface area contributed by atoms with Crippen LogP contribution < -0.4 is 16.0 Å². The number of amides is 1. The van der Waals surface area contributed by atoms with E-state index in [2.05, 4.69) is 22.9 Å². The number of hydrogen-bond acceptors (Lipinski definition) is 3. The van der Waals surface area contributed by atoms with Crippen molar-refractivity contribution >= 4 is 5.91 Å². The van der Waals surface area contributed by atoms with E-state index in [1.165, 1.54) is 32.1 Å². The van der Waals surface area contributed by atoms with E-state index in [1.54, 1.807) is 0 Å². The highest BCUT2D eigenvalue weighted by Crippen LogP contribution is 2.29. The van der Waals surface area contributed by atoms with E-state index in [-0.39, 0.29) is 11.4 Å². The first-order valence-corrected chi connectivity index (χ1v) is 9.01. The predicted octanol–water partition coefficient (Wildman–Crippen LogP) is 2.19. The summed E-state index contributed by atoms with van der Waals surface area (Å²) in [6.45, 7) is 6.25. The monoisotopic (exact) mass is 295 g/mol. The largest absolute Gasteiger partial charge is 0.354 e. The van der Waals surface area contributed by atoms with Crippen molar-refractivity contribution < 1.29 is 4.79 Å². The number of rotatable bonds is 7. The quantitative estimate of drug-likeness (QED) is 0.631. The van der Waals surface area contributed by atoms with Crippen LogP contribution in [0.3, 0.4) is 0 Å². The number of hydrogen-bond donors (Lipinski definition) is 3. The molecule has 1 saturated carbocycles. The summed E-state index contributed by atoms with van der Waals surface area (Å²) >= 11 is 0. The maximum atomic E-state index is 12.7. The summed E-state index contributed by atoms with van der Waals surface area (Å²) in [5.41, 5.74) is -0.281. The first kappa shape index (κ1) is 16.8. The summed E-state index contributed by atoms with van der Waals surface area (Å²) < 4.78 is 0. The van der Waals surface area contributed by atoms with Gasteiger partial charge in [0.15, 0.2) is 0 Å². The lowest BCUT2D eigenvalue weighted by atomic mass is 9.80. The minimum Gasteiger partial charge on any atom is -0.354 e. The molecule has 1 aliphatic heterocycles. The lowest BCUT2D eigenvalue weighted by Gasteiger charge is -2.38. The molecule has 4 heteroatoms. The van der Waals surface area contributed by atoms with Gasteiger partial charge in [-0.15, -0.1) is 0 Å². The van der Waals surface area contributed by atoms with Crippen molar-refractivity contribution in [1.82, 2.24) is 16.0 Å². The van der Waals surface area contributed by atoms with Crippen molar-refractivity contribution in [2.45, 2.75) is 70.3 Å². The second-order valence-electron chi connectivity index (χ2n) is 6.83. The smallest absolute Gasteiger partial charge is 0.240 e. The Morgan fingerprint density at radius 1 is 1.19 bits per heavy atom. The van der Waals surface area contributed by atoms with Gasteiger partial charge >= 0.3 is 0 Å². The number of carbonyl (C=O) groups is 1. The Bertz CT molecular complexity index is 307. The third-order valence-corrected chi connectivity index (χ3v) is 5.15. The Hall–Kier alpha value is -0.610. The van der Waals surface area contributed by atoms with E-state index in [0.717, 1.165) is 57.8 Å². The summed E-state index contributed by atoms with van der Waals surface area (Å²) in [5, 5.41) is 10.3. The van der Waals surface area contributed by atoms with E-state index in [4.69, 9.17) is 0 Å². The second kappa shape index (κ2) is 8.74. The van der Waals surface area contributed by atoms with E-state index in [9.17, 15) is 4.79 Å². The lowest BCUT2D eigenvalue weighted by molar-refractivity contribution is -0.129. The molecule has 1 saturated heterocycles. The standard InChI is InChI=1S/C17H33N3O/c1-2-3-11-19-16(21)17(9-5-4-6-10-17)20-14-15-7-12-18-13-8-15/h15,18,20H,2-14H2,1H3,(H,19,21). The fraction of sp³-hybridized carbons (Fsp3) is 0.941. The molecule has 0 aromatic rings. The van der Waals surface area contributed by atoms with Crippen LogP contribution in [0.15, 0.2) is 0 Å². The summed E-state index contributed by atoms with van der Waals surface area (Å²) in [5.74, 6) is 0.984. The average molecular weight is 295 g/mol. The highest BCUT2D eigenvalue weighted by Gasteiger charge is 2.39. The van der Waals surface area contributed by atoms with Crippen molar-refractivity contribution in [2.75, 3.05) is 26.2 Å². The van der Waals surface area contributed by atoms with Gasteiger partial charge in [0, 0.05) is 6.54 Å². The third-order valence-electron chi connectivity index (χ3n) is 5.15. The van der Waals surface area contributed by atoms with Gasteiger partial charge in [0.2, 0.25) is 5.91 Å². The lowest BCUT2D eigenvalue weighted by Crippen LogP contribution is -2.59. The molecule has 1 aliphatic carbocycles. The number of piperidine rings is 1. The van der Waals surface area contributed by atoms with Crippen molar-refractivity contribution in [2.24, 2.45) is 5.92 Å². The molecule has 2 rings (SSSR count). The third kappa shape index (κ3) is 4.96. The van der Waals surface area contributed by atoms with Crippen LogP contribution in [0.1, 0.15) is 64.7 Å². The Morgan fingerprint density at radius 3 is 2.57 bits per heavy atom. The molecule has 4 nitrogen and oxygen atoms in total. The Morgan fingerprint density at radius 2 is 1.90 bits per heavy atom. The molecule has 2 fully saturated rings. The Kier molecular flexibility index (Phi) is 6.97. The van der Waals surface area contributed by atoms with E-state index in [1.807, 2.05) is 0 Å². The van der Waals surface area contributed by atoms with Gasteiger partial charge in [-0.25, -0.2) is 0 Å². The zero-order valence-electron chi connectivity index (χ0n) is 13.7. The van der Waals surface area contributed by atoms with E-state index >= 15 is 0 Å². The van der Waals surface area contributed by atoms with Crippen LogP contribution in [0.2, 0.25) is 0 Å². The number of unbranched alkanes of at least 4 members (excludes halogenated alkanes) is 1. The molecule has 0 atom stereocenters. The molecule has 0 aromatic carbocycles. The molecule has 3 N–H and O–H groups in total. The van der Waals surface area contributed by atoms with Crippen LogP contribution in [-0.4, -0.2) is 37.6 Å². The topological polar surface area (TPSA) is 53.2 Å². The molecule has 0 spiro atoms. The molecule has 2 aliphatic rings. The van der Waals surface area contributed by atoms with E-state index in [0.29, 0.717) is 0 Å². The highest BCUT2D eigenvalue weighted by atomic mass is 16.2. The molecule has 0 radical (unpaired) electrons. The van der Waals surface area contributed by atoms with Crippen LogP contribution in [0.4, 0.5) is 0 Å². The Labute approximate surface area is 129 Å². The summed E-state index contributed by atoms with van der Waals surface area (Å²) in [6, 6.07) is 0. The van der Waals surface area contributed by atoms with Crippen LogP contribution in [0.5, 0.6) is 0 Å². The van der Waals surface area contributed by atoms with Crippen LogP contribution in [-0.2, 0) is 4.79 Å². The van der Waals surface area contributed by atoms with Gasteiger partial charge in [0.1, 0.15) is 0 Å². The zero-order valence-corrected chi connectivity index (χ0v) is 13.7. The van der Waals surface area contributed by atoms with Crippen LogP contribution in [0, 0.1) is 5.92 Å². The van der Waals surface area contributed by atoms with Crippen LogP contribution >= 0.6 is 0 Å². The normalized spacial score (nSPS) is 22.9. The Balaban J connectivity index is 1.87. The van der Waals surface area contributed by atoms with Crippen molar-refractivity contribution in [1.29, 1.82) is 0 Å². The SMILES string of the molecule is CCCCNC(=O)C1(NCC2CCNCC2)CCCCC1. The van der Waals surface area contributed by atoms with Gasteiger partial charge in [-0.2, -0.15) is 0 Å². The molecule has 1 amide bonds. The van der Waals surface area contributed by atoms with Crippen LogP contribution in [0.25, 0.3) is 0 Å². The van der Waals surface area contributed by atoms with Gasteiger partial charge in [0.25, 0.3) is 0 Å². The highest BCUT2D eigenvalue weighted by molar-refractivity contribution is 5.86. The van der Waals surface area contributed by atoms with Gasteiger partial charge in [-0.1, -0.05) is 32.6 Å². The molecule has 1 heterocycles. The minimum atomic E-state index is -0.281. The summed E-state index contributed by atoms with van der Waals surface area (Å²) in [7, 11) is 0. The van der Waals surface area contributed by atoms with Crippen molar-refractivity contribution in [3.05, 3.63) is 0 Å². The molecule has 0 aromatic heterocycles. The molecule has 122 valence electrons. The van der Waals surface area contributed by atoms with Gasteiger partial charge in [-0.05, 0) is 57.7 Å². The average Bonchev–Trinajstić information content (AvgIpc) is 2.55. The van der Waals surface area contributed by atoms with Gasteiger partial charge in [-0.3, -0.25) is 4.79 Å². The first-order valence-electron chi connectivity index (χ1n) is 9.01. The zero-order chi connectivity index (χ0) is 15.0. The minimum absolute atomic E-state index is 0.254. The molecular formula is C17H33N3O. The molecule has 0 bridgehead atoms. The van der Waals surface area contributed by atoms with Crippen molar-refractivity contribution in [3.63, 3.8) is 0 Å². The fourth-order valence-electron chi connectivity index (χ4n) is 3.61.